The summed E-state index contributed by atoms with van der Waals surface area (Å²) in [5.74, 6) is 0.456. The smallest absolute Gasteiger partial charge is 0.189 e. The fourth-order valence-electron chi connectivity index (χ4n) is 1.89. The Bertz CT molecular complexity index is 584. The van der Waals surface area contributed by atoms with Crippen LogP contribution in [-0.2, 0) is 6.54 Å². The Kier molecular flexibility index (Phi) is 6.19. The topological polar surface area (TPSA) is 68.2 Å². The third kappa shape index (κ3) is 5.37. The second-order valence-corrected chi connectivity index (χ2v) is 5.68. The molecule has 0 bridgehead atoms. The van der Waals surface area contributed by atoms with E-state index in [9.17, 15) is 0 Å². The number of aliphatic imine (C=N–C) groups is 1. The van der Waals surface area contributed by atoms with Crippen LogP contribution in [0.4, 0.5) is 0 Å². The molecule has 114 valence electrons. The van der Waals surface area contributed by atoms with Gasteiger partial charge in [-0.15, -0.1) is 24.0 Å². The van der Waals surface area contributed by atoms with Crippen molar-refractivity contribution in [2.24, 2.45) is 10.7 Å². The van der Waals surface area contributed by atoms with Crippen LogP contribution >= 0.6 is 24.0 Å². The predicted octanol–water partition coefficient (Wildman–Crippen LogP) is 2.69. The highest BCUT2D eigenvalue weighted by atomic mass is 127. The maximum absolute atomic E-state index is 5.90. The largest absolute Gasteiger partial charge is 0.370 e. The minimum absolute atomic E-state index is 0. The average molecular weight is 399 g/mol. The SMILES string of the molecule is CC(C)(C)NC(N)=NCc1ccccc1-n1ccnc1.I. The van der Waals surface area contributed by atoms with Crippen molar-refractivity contribution in [1.82, 2.24) is 14.9 Å². The maximum Gasteiger partial charge on any atom is 0.189 e. The minimum atomic E-state index is -0.0859. The van der Waals surface area contributed by atoms with Gasteiger partial charge in [0.1, 0.15) is 0 Å². The van der Waals surface area contributed by atoms with E-state index in [1.54, 1.807) is 12.5 Å². The molecule has 0 radical (unpaired) electrons. The molecule has 2 rings (SSSR count). The van der Waals surface area contributed by atoms with E-state index in [4.69, 9.17) is 5.73 Å². The number of guanidine groups is 1. The molecule has 0 saturated heterocycles. The second kappa shape index (κ2) is 7.44. The zero-order valence-corrected chi connectivity index (χ0v) is 14.9. The highest BCUT2D eigenvalue weighted by Crippen LogP contribution is 2.15. The lowest BCUT2D eigenvalue weighted by molar-refractivity contribution is 0.508. The van der Waals surface area contributed by atoms with Gasteiger partial charge in [-0.25, -0.2) is 9.98 Å². The monoisotopic (exact) mass is 399 g/mol. The van der Waals surface area contributed by atoms with Crippen LogP contribution in [0, 0.1) is 0 Å². The lowest BCUT2D eigenvalue weighted by Gasteiger charge is -2.21. The summed E-state index contributed by atoms with van der Waals surface area (Å²) < 4.78 is 1.97. The van der Waals surface area contributed by atoms with Gasteiger partial charge >= 0.3 is 0 Å². The molecule has 0 unspecified atom stereocenters. The number of hydrogen-bond donors (Lipinski definition) is 2. The molecule has 3 N–H and O–H groups in total. The van der Waals surface area contributed by atoms with Gasteiger partial charge in [-0.05, 0) is 32.4 Å². The summed E-state index contributed by atoms with van der Waals surface area (Å²) >= 11 is 0. The highest BCUT2D eigenvalue weighted by Gasteiger charge is 2.10. The van der Waals surface area contributed by atoms with E-state index in [1.165, 1.54) is 0 Å². The molecule has 1 aromatic heterocycles. The molecule has 6 heteroatoms. The standard InChI is InChI=1S/C15H21N5.HI/c1-15(2,3)19-14(16)18-10-12-6-4-5-7-13(12)20-9-8-17-11-20;/h4-9,11H,10H2,1-3H3,(H3,16,18,19);1H. The molecular formula is C15H22IN5. The van der Waals surface area contributed by atoms with Gasteiger partial charge in [-0.2, -0.15) is 0 Å². The summed E-state index contributed by atoms with van der Waals surface area (Å²) in [6, 6.07) is 8.08. The van der Waals surface area contributed by atoms with Crippen molar-refractivity contribution < 1.29 is 0 Å². The van der Waals surface area contributed by atoms with Gasteiger partial charge < -0.3 is 15.6 Å². The number of hydrogen-bond acceptors (Lipinski definition) is 2. The fraction of sp³-hybridized carbons (Fsp3) is 0.333. The van der Waals surface area contributed by atoms with Crippen molar-refractivity contribution in [3.8, 4) is 5.69 Å². The van der Waals surface area contributed by atoms with Crippen LogP contribution in [0.25, 0.3) is 5.69 Å². The van der Waals surface area contributed by atoms with Crippen molar-refractivity contribution in [3.05, 3.63) is 48.5 Å². The fourth-order valence-corrected chi connectivity index (χ4v) is 1.89. The number of para-hydroxylation sites is 1. The van der Waals surface area contributed by atoms with Gasteiger partial charge in [0, 0.05) is 17.9 Å². The number of imidazole rings is 1. The van der Waals surface area contributed by atoms with Crippen molar-refractivity contribution in [3.63, 3.8) is 0 Å². The zero-order chi connectivity index (χ0) is 14.6. The molecule has 2 aromatic rings. The van der Waals surface area contributed by atoms with E-state index in [1.807, 2.05) is 35.0 Å². The van der Waals surface area contributed by atoms with E-state index in [0.717, 1.165) is 11.3 Å². The van der Waals surface area contributed by atoms with Gasteiger partial charge in [-0.1, -0.05) is 18.2 Å². The summed E-state index contributed by atoms with van der Waals surface area (Å²) in [4.78, 5) is 8.47. The molecule has 0 aliphatic heterocycles. The number of nitrogens with two attached hydrogens (primary N) is 1. The molecule has 21 heavy (non-hydrogen) atoms. The molecular weight excluding hydrogens is 377 g/mol. The number of benzene rings is 1. The van der Waals surface area contributed by atoms with Crippen molar-refractivity contribution in [1.29, 1.82) is 0 Å². The van der Waals surface area contributed by atoms with Crippen LogP contribution < -0.4 is 11.1 Å². The summed E-state index contributed by atoms with van der Waals surface area (Å²) in [5.41, 5.74) is 7.98. The van der Waals surface area contributed by atoms with Crippen LogP contribution in [0.15, 0.2) is 48.0 Å². The minimum Gasteiger partial charge on any atom is -0.370 e. The molecule has 0 aliphatic carbocycles. The third-order valence-corrected chi connectivity index (χ3v) is 2.70. The van der Waals surface area contributed by atoms with Crippen LogP contribution in [-0.4, -0.2) is 21.0 Å². The van der Waals surface area contributed by atoms with Gasteiger partial charge in [-0.3, -0.25) is 0 Å². The van der Waals surface area contributed by atoms with Crippen molar-refractivity contribution in [2.75, 3.05) is 0 Å². The summed E-state index contributed by atoms with van der Waals surface area (Å²) in [5, 5.41) is 3.15. The number of rotatable bonds is 3. The van der Waals surface area contributed by atoms with Crippen LogP contribution in [0.1, 0.15) is 26.3 Å². The Morgan fingerprint density at radius 1 is 1.33 bits per heavy atom. The summed E-state index contributed by atoms with van der Waals surface area (Å²) in [6.45, 7) is 6.68. The van der Waals surface area contributed by atoms with Crippen molar-refractivity contribution in [2.45, 2.75) is 32.9 Å². The molecule has 0 spiro atoms. The Morgan fingerprint density at radius 2 is 2.05 bits per heavy atom. The Balaban J connectivity index is 0.00000220. The normalized spacial score (nSPS) is 11.9. The second-order valence-electron chi connectivity index (χ2n) is 5.68. The molecule has 0 atom stereocenters. The zero-order valence-electron chi connectivity index (χ0n) is 12.6. The first kappa shape index (κ1) is 17.5. The van der Waals surface area contributed by atoms with E-state index in [-0.39, 0.29) is 29.5 Å². The van der Waals surface area contributed by atoms with Crippen LogP contribution in [0.2, 0.25) is 0 Å². The number of nitrogens with one attached hydrogen (secondary N) is 1. The molecule has 0 saturated carbocycles. The first-order valence-corrected chi connectivity index (χ1v) is 6.60. The first-order valence-electron chi connectivity index (χ1n) is 6.60. The predicted molar refractivity (Wildman–Crippen MR) is 97.2 cm³/mol. The number of nitrogens with zero attached hydrogens (tertiary/aromatic N) is 3. The van der Waals surface area contributed by atoms with Gasteiger partial charge in [0.2, 0.25) is 0 Å². The van der Waals surface area contributed by atoms with E-state index < -0.39 is 0 Å². The van der Waals surface area contributed by atoms with E-state index >= 15 is 0 Å². The van der Waals surface area contributed by atoms with Gasteiger partial charge in [0.15, 0.2) is 5.96 Å². The number of aromatic nitrogens is 2. The maximum atomic E-state index is 5.90. The van der Waals surface area contributed by atoms with Gasteiger partial charge in [0.05, 0.1) is 18.6 Å². The highest BCUT2D eigenvalue weighted by molar-refractivity contribution is 14.0. The summed E-state index contributed by atoms with van der Waals surface area (Å²) in [7, 11) is 0. The van der Waals surface area contributed by atoms with Crippen LogP contribution in [0.3, 0.4) is 0 Å². The Morgan fingerprint density at radius 3 is 2.67 bits per heavy atom. The lowest BCUT2D eigenvalue weighted by atomic mass is 10.1. The molecule has 0 amide bonds. The molecule has 0 fully saturated rings. The molecule has 1 aromatic carbocycles. The van der Waals surface area contributed by atoms with E-state index in [0.29, 0.717) is 12.5 Å². The third-order valence-electron chi connectivity index (χ3n) is 2.70. The van der Waals surface area contributed by atoms with Gasteiger partial charge in [0.25, 0.3) is 0 Å². The quantitative estimate of drug-likeness (QED) is 0.474. The molecule has 5 nitrogen and oxygen atoms in total. The first-order chi connectivity index (χ1) is 9.46. The van der Waals surface area contributed by atoms with Crippen LogP contribution in [0.5, 0.6) is 0 Å². The number of halogens is 1. The summed E-state index contributed by atoms with van der Waals surface area (Å²) in [6.07, 6.45) is 5.45. The Hall–Kier alpha value is -1.57. The van der Waals surface area contributed by atoms with E-state index in [2.05, 4.69) is 36.1 Å². The van der Waals surface area contributed by atoms with Crippen molar-refractivity contribution >= 4 is 29.9 Å². The lowest BCUT2D eigenvalue weighted by Crippen LogP contribution is -2.44. The Labute approximate surface area is 142 Å². The molecule has 1 heterocycles. The average Bonchev–Trinajstić information content (AvgIpc) is 2.88. The molecule has 0 aliphatic rings.